The molecule has 1 aliphatic heterocycles. The zero-order valence-corrected chi connectivity index (χ0v) is 24.2. The van der Waals surface area contributed by atoms with Crippen LogP contribution < -0.4 is 4.90 Å². The fraction of sp³-hybridized carbons (Fsp3) is 0.108. The summed E-state index contributed by atoms with van der Waals surface area (Å²) in [5, 5.41) is 9.92. The standard InChI is InChI=1S/C37H30N4O3/c1-25-22-26-8-2-3-9-27(26)24-40(25)36(43)32-11-5-4-10-31(32)35-23-33(34-12-6-7-21-39(34)35)37(44)41(29-17-19-38-20-18-29)28-13-15-30(42)16-14-28/h2-21,23,25,42H,22,24H2,1H3/t25-/m1/s1. The van der Waals surface area contributed by atoms with Crippen molar-refractivity contribution in [2.75, 3.05) is 4.90 Å². The van der Waals surface area contributed by atoms with Gasteiger partial charge in [0.2, 0.25) is 0 Å². The summed E-state index contributed by atoms with van der Waals surface area (Å²) >= 11 is 0. The molecule has 1 atom stereocenters. The first-order valence-corrected chi connectivity index (χ1v) is 14.6. The van der Waals surface area contributed by atoms with Gasteiger partial charge in [-0.2, -0.15) is 0 Å². The summed E-state index contributed by atoms with van der Waals surface area (Å²) in [7, 11) is 0. The van der Waals surface area contributed by atoms with Crippen molar-refractivity contribution in [3.05, 3.63) is 150 Å². The number of phenols is 1. The number of aromatic nitrogens is 2. The second-order valence-electron chi connectivity index (χ2n) is 11.1. The predicted molar refractivity (Wildman–Crippen MR) is 171 cm³/mol. The normalized spacial score (nSPS) is 14.3. The number of fused-ring (bicyclic) bond motifs is 2. The van der Waals surface area contributed by atoms with Gasteiger partial charge in [-0.1, -0.05) is 48.5 Å². The number of carbonyl (C=O) groups excluding carboxylic acids is 2. The molecule has 0 fully saturated rings. The van der Waals surface area contributed by atoms with E-state index in [4.69, 9.17) is 0 Å². The highest BCUT2D eigenvalue weighted by Crippen LogP contribution is 2.35. The van der Waals surface area contributed by atoms with Crippen molar-refractivity contribution in [3.63, 3.8) is 0 Å². The van der Waals surface area contributed by atoms with Crippen LogP contribution in [0.4, 0.5) is 11.4 Å². The largest absolute Gasteiger partial charge is 0.508 e. The topological polar surface area (TPSA) is 78.2 Å². The third kappa shape index (κ3) is 4.78. The van der Waals surface area contributed by atoms with Crippen LogP contribution in [0.5, 0.6) is 5.75 Å². The van der Waals surface area contributed by atoms with Crippen LogP contribution in [-0.4, -0.2) is 37.2 Å². The molecule has 0 aliphatic carbocycles. The molecular formula is C37H30N4O3. The zero-order valence-electron chi connectivity index (χ0n) is 24.2. The molecule has 0 saturated heterocycles. The van der Waals surface area contributed by atoms with E-state index in [2.05, 4.69) is 24.0 Å². The lowest BCUT2D eigenvalue weighted by molar-refractivity contribution is 0.0659. The van der Waals surface area contributed by atoms with E-state index in [1.165, 1.54) is 11.1 Å². The first-order chi connectivity index (χ1) is 21.5. The quantitative estimate of drug-likeness (QED) is 0.233. The number of aromatic hydroxyl groups is 1. The van der Waals surface area contributed by atoms with Crippen molar-refractivity contribution in [2.45, 2.75) is 25.9 Å². The summed E-state index contributed by atoms with van der Waals surface area (Å²) in [6.07, 6.45) is 6.00. The molecule has 0 spiro atoms. The third-order valence-electron chi connectivity index (χ3n) is 8.34. The number of pyridine rings is 2. The van der Waals surface area contributed by atoms with Gasteiger partial charge in [0.05, 0.1) is 22.5 Å². The fourth-order valence-electron chi connectivity index (χ4n) is 6.13. The van der Waals surface area contributed by atoms with Gasteiger partial charge in [0.15, 0.2) is 0 Å². The molecule has 7 heteroatoms. The molecule has 6 aromatic rings. The van der Waals surface area contributed by atoms with Gasteiger partial charge in [0.25, 0.3) is 11.8 Å². The van der Waals surface area contributed by atoms with Crippen molar-refractivity contribution in [2.24, 2.45) is 0 Å². The lowest BCUT2D eigenvalue weighted by atomic mass is 9.93. The summed E-state index contributed by atoms with van der Waals surface area (Å²) in [6, 6.07) is 33.6. The molecule has 0 saturated carbocycles. The Labute approximate surface area is 255 Å². The van der Waals surface area contributed by atoms with Crippen LogP contribution in [0.2, 0.25) is 0 Å². The molecule has 216 valence electrons. The molecule has 1 aliphatic rings. The summed E-state index contributed by atoms with van der Waals surface area (Å²) in [5.41, 5.74) is 6.98. The summed E-state index contributed by atoms with van der Waals surface area (Å²) in [5.74, 6) is -0.175. The molecule has 3 aromatic heterocycles. The van der Waals surface area contributed by atoms with E-state index < -0.39 is 0 Å². The lowest BCUT2D eigenvalue weighted by Gasteiger charge is -2.35. The molecule has 0 radical (unpaired) electrons. The van der Waals surface area contributed by atoms with Crippen LogP contribution in [0, 0.1) is 0 Å². The van der Waals surface area contributed by atoms with E-state index in [9.17, 15) is 14.7 Å². The Kier molecular flexibility index (Phi) is 6.91. The van der Waals surface area contributed by atoms with Crippen LogP contribution in [-0.2, 0) is 13.0 Å². The minimum absolute atomic E-state index is 0.0381. The smallest absolute Gasteiger partial charge is 0.265 e. The van der Waals surface area contributed by atoms with Crippen molar-refractivity contribution in [1.82, 2.24) is 14.3 Å². The number of benzene rings is 3. The molecule has 4 heterocycles. The summed E-state index contributed by atoms with van der Waals surface area (Å²) < 4.78 is 1.97. The Hall–Kier alpha value is -5.69. The number of carbonyl (C=O) groups is 2. The highest BCUT2D eigenvalue weighted by molar-refractivity contribution is 6.15. The van der Waals surface area contributed by atoms with Gasteiger partial charge in [-0.15, -0.1) is 0 Å². The van der Waals surface area contributed by atoms with E-state index in [0.717, 1.165) is 17.7 Å². The molecular weight excluding hydrogens is 548 g/mol. The van der Waals surface area contributed by atoms with Gasteiger partial charge in [-0.3, -0.25) is 19.5 Å². The van der Waals surface area contributed by atoms with Gasteiger partial charge in [-0.25, -0.2) is 0 Å². The second kappa shape index (κ2) is 11.2. The first-order valence-electron chi connectivity index (χ1n) is 14.6. The van der Waals surface area contributed by atoms with E-state index in [0.29, 0.717) is 34.6 Å². The number of rotatable bonds is 5. The van der Waals surface area contributed by atoms with Crippen molar-refractivity contribution in [1.29, 1.82) is 0 Å². The molecule has 0 bridgehead atoms. The molecule has 44 heavy (non-hydrogen) atoms. The molecule has 2 amide bonds. The fourth-order valence-corrected chi connectivity index (χ4v) is 6.13. The first kappa shape index (κ1) is 27.2. The number of anilines is 2. The van der Waals surface area contributed by atoms with Gasteiger partial charge >= 0.3 is 0 Å². The van der Waals surface area contributed by atoms with Crippen LogP contribution in [0.1, 0.15) is 38.8 Å². The maximum atomic E-state index is 14.5. The van der Waals surface area contributed by atoms with E-state index in [1.807, 2.05) is 76.2 Å². The summed E-state index contributed by atoms with van der Waals surface area (Å²) in [6.45, 7) is 2.65. The van der Waals surface area contributed by atoms with E-state index in [-0.39, 0.29) is 23.6 Å². The molecule has 0 unspecified atom stereocenters. The summed E-state index contributed by atoms with van der Waals surface area (Å²) in [4.78, 5) is 36.4. The maximum Gasteiger partial charge on any atom is 0.265 e. The Morgan fingerprint density at radius 1 is 0.795 bits per heavy atom. The van der Waals surface area contributed by atoms with Crippen LogP contribution in [0.15, 0.2) is 128 Å². The van der Waals surface area contributed by atoms with Gasteiger partial charge in [0.1, 0.15) is 5.75 Å². The lowest BCUT2D eigenvalue weighted by Crippen LogP contribution is -2.42. The van der Waals surface area contributed by atoms with Crippen LogP contribution in [0.25, 0.3) is 16.8 Å². The van der Waals surface area contributed by atoms with Gasteiger partial charge in [-0.05, 0) is 85.1 Å². The van der Waals surface area contributed by atoms with Crippen molar-refractivity contribution in [3.8, 4) is 17.0 Å². The number of nitrogens with zero attached hydrogens (tertiary/aromatic N) is 4. The average Bonchev–Trinajstić information content (AvgIpc) is 3.45. The molecule has 7 nitrogen and oxygen atoms in total. The number of hydrogen-bond donors (Lipinski definition) is 1. The van der Waals surface area contributed by atoms with Crippen LogP contribution in [0.3, 0.4) is 0 Å². The molecule has 1 N–H and O–H groups in total. The Morgan fingerprint density at radius 3 is 2.27 bits per heavy atom. The van der Waals surface area contributed by atoms with Crippen LogP contribution >= 0.6 is 0 Å². The van der Waals surface area contributed by atoms with Gasteiger partial charge in [0, 0.05) is 48.0 Å². The second-order valence-corrected chi connectivity index (χ2v) is 11.1. The number of amides is 2. The third-order valence-corrected chi connectivity index (χ3v) is 8.34. The average molecular weight is 579 g/mol. The number of hydrogen-bond acceptors (Lipinski definition) is 4. The SMILES string of the molecule is C[C@@H]1Cc2ccccc2CN1C(=O)c1ccccc1-c1cc(C(=O)N(c2ccncc2)c2ccc(O)cc2)c2ccccn12. The Morgan fingerprint density at radius 2 is 1.48 bits per heavy atom. The zero-order chi connectivity index (χ0) is 30.2. The Balaban J connectivity index is 1.33. The van der Waals surface area contributed by atoms with Crippen molar-refractivity contribution >= 4 is 28.7 Å². The van der Waals surface area contributed by atoms with Crippen molar-refractivity contribution < 1.29 is 14.7 Å². The van der Waals surface area contributed by atoms with Gasteiger partial charge < -0.3 is 14.4 Å². The Bertz CT molecular complexity index is 2000. The molecule has 7 rings (SSSR count). The highest BCUT2D eigenvalue weighted by atomic mass is 16.3. The monoisotopic (exact) mass is 578 g/mol. The van der Waals surface area contributed by atoms with E-state index in [1.54, 1.807) is 53.7 Å². The minimum atomic E-state index is -0.248. The maximum absolute atomic E-state index is 14.5. The number of phenolic OH excluding ortho intramolecular Hbond substituents is 1. The minimum Gasteiger partial charge on any atom is -0.508 e. The molecule has 3 aromatic carbocycles. The van der Waals surface area contributed by atoms with E-state index >= 15 is 0 Å². The predicted octanol–water partition coefficient (Wildman–Crippen LogP) is 7.27. The highest BCUT2D eigenvalue weighted by Gasteiger charge is 2.30.